The molecule has 1 heterocycles. The number of carbonyl (C=O) groups excluding carboxylic acids is 2. The summed E-state index contributed by atoms with van der Waals surface area (Å²) in [6.07, 6.45) is 0. The Morgan fingerprint density at radius 1 is 1.08 bits per heavy atom. The first-order valence-corrected chi connectivity index (χ1v) is 8.28. The van der Waals surface area contributed by atoms with Crippen LogP contribution in [0.15, 0.2) is 53.7 Å². The van der Waals surface area contributed by atoms with Crippen LogP contribution >= 0.6 is 0 Å². The summed E-state index contributed by atoms with van der Waals surface area (Å²) in [6.45, 7) is 5.57. The first kappa shape index (κ1) is 17.7. The van der Waals surface area contributed by atoms with E-state index >= 15 is 0 Å². The molecule has 1 atom stereocenters. The third-order valence-electron chi connectivity index (χ3n) is 4.49. The summed E-state index contributed by atoms with van der Waals surface area (Å²) in [5, 5.41) is 8.05. The first-order chi connectivity index (χ1) is 12.4. The number of amides is 3. The number of aryl methyl sites for hydroxylation is 2. The lowest BCUT2D eigenvalue weighted by Crippen LogP contribution is -2.46. The van der Waals surface area contributed by atoms with Crippen LogP contribution in [-0.4, -0.2) is 11.9 Å². The lowest BCUT2D eigenvalue weighted by Gasteiger charge is -2.29. The molecular weight excluding hydrogens is 333 g/mol. The smallest absolute Gasteiger partial charge is 0.319 e. The van der Waals surface area contributed by atoms with Crippen molar-refractivity contribution in [1.82, 2.24) is 10.6 Å². The Bertz CT molecular complexity index is 921. The van der Waals surface area contributed by atoms with Gasteiger partial charge in [0.15, 0.2) is 0 Å². The maximum atomic E-state index is 14.3. The molecule has 6 heteroatoms. The molecule has 2 aromatic carbocycles. The van der Waals surface area contributed by atoms with Gasteiger partial charge in [-0.1, -0.05) is 24.3 Å². The molecule has 0 fully saturated rings. The van der Waals surface area contributed by atoms with Gasteiger partial charge >= 0.3 is 6.03 Å². The minimum atomic E-state index is -0.864. The van der Waals surface area contributed by atoms with Gasteiger partial charge in [-0.3, -0.25) is 4.79 Å². The van der Waals surface area contributed by atoms with Gasteiger partial charge in [-0.2, -0.15) is 0 Å². The summed E-state index contributed by atoms with van der Waals surface area (Å²) < 4.78 is 14.3. The van der Waals surface area contributed by atoms with Gasteiger partial charge in [0.05, 0.1) is 11.6 Å². The van der Waals surface area contributed by atoms with Crippen molar-refractivity contribution in [2.45, 2.75) is 26.8 Å². The number of urea groups is 1. The largest absolute Gasteiger partial charge is 0.327 e. The van der Waals surface area contributed by atoms with E-state index < -0.39 is 23.8 Å². The second-order valence-corrected chi connectivity index (χ2v) is 6.34. The molecule has 26 heavy (non-hydrogen) atoms. The van der Waals surface area contributed by atoms with E-state index in [1.807, 2.05) is 32.0 Å². The molecule has 2 aromatic rings. The van der Waals surface area contributed by atoms with E-state index in [0.717, 1.165) is 11.1 Å². The van der Waals surface area contributed by atoms with Crippen LogP contribution in [-0.2, 0) is 4.79 Å². The SMILES string of the molecule is CC1=C(C(=O)Nc2ccc(C)c(C)c2)[C@@H](c2ccccc2F)NC(=O)N1. The Balaban J connectivity index is 1.97. The number of carbonyl (C=O) groups is 2. The zero-order chi connectivity index (χ0) is 18.8. The van der Waals surface area contributed by atoms with E-state index in [1.54, 1.807) is 25.1 Å². The number of allylic oxidation sites excluding steroid dienone is 1. The Kier molecular flexibility index (Phi) is 4.75. The van der Waals surface area contributed by atoms with Gasteiger partial charge in [0.25, 0.3) is 5.91 Å². The highest BCUT2D eigenvalue weighted by atomic mass is 19.1. The quantitative estimate of drug-likeness (QED) is 0.787. The van der Waals surface area contributed by atoms with Gasteiger partial charge in [-0.05, 0) is 50.1 Å². The molecule has 3 rings (SSSR count). The minimum absolute atomic E-state index is 0.243. The standard InChI is InChI=1S/C20H20FN3O2/c1-11-8-9-14(10-12(11)2)23-19(25)17-13(3)22-20(26)24-18(17)15-6-4-5-7-16(15)21/h4-10,18H,1-3H3,(H,23,25)(H2,22,24,26)/t18-/m1/s1. The van der Waals surface area contributed by atoms with Crippen LogP contribution in [0.3, 0.4) is 0 Å². The fourth-order valence-electron chi connectivity index (χ4n) is 2.95. The number of hydrogen-bond donors (Lipinski definition) is 3. The molecule has 1 aliphatic rings. The van der Waals surface area contributed by atoms with Crippen molar-refractivity contribution in [1.29, 1.82) is 0 Å². The van der Waals surface area contributed by atoms with Crippen LogP contribution in [0.25, 0.3) is 0 Å². The van der Waals surface area contributed by atoms with Gasteiger partial charge in [0, 0.05) is 16.9 Å². The molecule has 1 aliphatic heterocycles. The molecule has 0 bridgehead atoms. The molecule has 0 unspecified atom stereocenters. The van der Waals surface area contributed by atoms with Crippen molar-refractivity contribution in [2.75, 3.05) is 5.32 Å². The third kappa shape index (κ3) is 3.44. The second-order valence-electron chi connectivity index (χ2n) is 6.34. The molecule has 0 aromatic heterocycles. The van der Waals surface area contributed by atoms with Crippen LogP contribution in [0.5, 0.6) is 0 Å². The van der Waals surface area contributed by atoms with E-state index in [1.165, 1.54) is 6.07 Å². The van der Waals surface area contributed by atoms with Gasteiger partial charge in [-0.15, -0.1) is 0 Å². The summed E-state index contributed by atoms with van der Waals surface area (Å²) in [5.41, 5.74) is 3.72. The highest BCUT2D eigenvalue weighted by Crippen LogP contribution is 2.29. The number of anilines is 1. The molecule has 0 spiro atoms. The van der Waals surface area contributed by atoms with Gasteiger partial charge in [0.2, 0.25) is 0 Å². The number of halogens is 1. The lowest BCUT2D eigenvalue weighted by molar-refractivity contribution is -0.113. The fourth-order valence-corrected chi connectivity index (χ4v) is 2.95. The Hall–Kier alpha value is -3.15. The maximum Gasteiger partial charge on any atom is 0.319 e. The average molecular weight is 353 g/mol. The topological polar surface area (TPSA) is 70.2 Å². The molecule has 0 radical (unpaired) electrons. The zero-order valence-electron chi connectivity index (χ0n) is 14.8. The molecule has 0 saturated heterocycles. The molecular formula is C20H20FN3O2. The van der Waals surface area contributed by atoms with E-state index in [9.17, 15) is 14.0 Å². The minimum Gasteiger partial charge on any atom is -0.327 e. The predicted octanol–water partition coefficient (Wildman–Crippen LogP) is 3.71. The second kappa shape index (κ2) is 7.00. The number of nitrogens with one attached hydrogen (secondary N) is 3. The Labute approximate surface area is 151 Å². The number of benzene rings is 2. The van der Waals surface area contributed by atoms with Crippen molar-refractivity contribution in [3.63, 3.8) is 0 Å². The average Bonchev–Trinajstić information content (AvgIpc) is 2.57. The maximum absolute atomic E-state index is 14.3. The number of hydrogen-bond acceptors (Lipinski definition) is 2. The third-order valence-corrected chi connectivity index (χ3v) is 4.49. The van der Waals surface area contributed by atoms with Crippen molar-refractivity contribution in [3.05, 3.63) is 76.2 Å². The molecule has 3 N–H and O–H groups in total. The number of rotatable bonds is 3. The van der Waals surface area contributed by atoms with E-state index in [2.05, 4.69) is 16.0 Å². The fraction of sp³-hybridized carbons (Fsp3) is 0.200. The molecule has 3 amide bonds. The van der Waals surface area contributed by atoms with Crippen molar-refractivity contribution >= 4 is 17.6 Å². The van der Waals surface area contributed by atoms with E-state index in [-0.39, 0.29) is 11.1 Å². The zero-order valence-corrected chi connectivity index (χ0v) is 14.8. The Morgan fingerprint density at radius 3 is 2.50 bits per heavy atom. The van der Waals surface area contributed by atoms with E-state index in [0.29, 0.717) is 11.4 Å². The summed E-state index contributed by atoms with van der Waals surface area (Å²) in [5.74, 6) is -0.879. The lowest BCUT2D eigenvalue weighted by atomic mass is 9.94. The van der Waals surface area contributed by atoms with Crippen LogP contribution in [0, 0.1) is 19.7 Å². The van der Waals surface area contributed by atoms with Gasteiger partial charge < -0.3 is 16.0 Å². The van der Waals surface area contributed by atoms with Crippen LogP contribution in [0.4, 0.5) is 14.9 Å². The van der Waals surface area contributed by atoms with Crippen LogP contribution in [0.2, 0.25) is 0 Å². The van der Waals surface area contributed by atoms with Crippen molar-refractivity contribution in [3.8, 4) is 0 Å². The summed E-state index contributed by atoms with van der Waals surface area (Å²) in [4.78, 5) is 24.8. The molecule has 134 valence electrons. The Morgan fingerprint density at radius 2 is 1.81 bits per heavy atom. The molecule has 0 aliphatic carbocycles. The van der Waals surface area contributed by atoms with Gasteiger partial charge in [0.1, 0.15) is 5.82 Å². The van der Waals surface area contributed by atoms with Crippen LogP contribution in [0.1, 0.15) is 29.7 Å². The summed E-state index contributed by atoms with van der Waals surface area (Å²) >= 11 is 0. The normalized spacial score (nSPS) is 16.8. The molecule has 0 saturated carbocycles. The van der Waals surface area contributed by atoms with Gasteiger partial charge in [-0.25, -0.2) is 9.18 Å². The van der Waals surface area contributed by atoms with Crippen LogP contribution < -0.4 is 16.0 Å². The van der Waals surface area contributed by atoms with Crippen molar-refractivity contribution < 1.29 is 14.0 Å². The van der Waals surface area contributed by atoms with Crippen molar-refractivity contribution in [2.24, 2.45) is 0 Å². The highest BCUT2D eigenvalue weighted by Gasteiger charge is 2.32. The molecule has 5 nitrogen and oxygen atoms in total. The predicted molar refractivity (Wildman–Crippen MR) is 98.1 cm³/mol. The first-order valence-electron chi connectivity index (χ1n) is 8.28. The monoisotopic (exact) mass is 353 g/mol. The highest BCUT2D eigenvalue weighted by molar-refractivity contribution is 6.06. The summed E-state index contributed by atoms with van der Waals surface area (Å²) in [6, 6.07) is 10.4. The summed E-state index contributed by atoms with van der Waals surface area (Å²) in [7, 11) is 0. The van der Waals surface area contributed by atoms with E-state index in [4.69, 9.17) is 0 Å².